The lowest BCUT2D eigenvalue weighted by molar-refractivity contribution is 0.627. The quantitative estimate of drug-likeness (QED) is 0.789. The zero-order chi connectivity index (χ0) is 15.0. The Morgan fingerprint density at radius 1 is 1.20 bits per heavy atom. The zero-order valence-electron chi connectivity index (χ0n) is 12.5. The maximum atomic E-state index is 14.4. The molecule has 0 atom stereocenters. The van der Waals surface area contributed by atoms with E-state index in [0.29, 0.717) is 10.2 Å². The van der Waals surface area contributed by atoms with Gasteiger partial charge in [0.05, 0.1) is 5.69 Å². The molecule has 0 saturated heterocycles. The molecule has 0 saturated carbocycles. The van der Waals surface area contributed by atoms with Crippen LogP contribution < -0.4 is 0 Å². The molecule has 1 heterocycles. The molecule has 2 rings (SSSR count). The van der Waals surface area contributed by atoms with E-state index >= 15 is 0 Å². The summed E-state index contributed by atoms with van der Waals surface area (Å²) in [6, 6.07) is 3.53. The Balaban J connectivity index is 2.79. The normalized spacial score (nSPS) is 11.2. The molecule has 0 aliphatic carbocycles. The standard InChI is InChI=1S/C16H19FN2S/c1-8(2)15-18-14(11(5)16(20)19-15)13-10(4)6-9(3)7-12(13)17/h6-8H,1-5H3,(H,18,19,20). The molecule has 1 aromatic heterocycles. The summed E-state index contributed by atoms with van der Waals surface area (Å²) in [7, 11) is 0. The van der Waals surface area contributed by atoms with Crippen molar-refractivity contribution in [3.63, 3.8) is 0 Å². The van der Waals surface area contributed by atoms with Crippen LogP contribution in [0.15, 0.2) is 12.1 Å². The Hall–Kier alpha value is -1.55. The van der Waals surface area contributed by atoms with Crippen LogP contribution in [0.5, 0.6) is 0 Å². The Bertz CT molecular complexity index is 694. The van der Waals surface area contributed by atoms with Gasteiger partial charge in [-0.25, -0.2) is 9.37 Å². The molecule has 106 valence electrons. The van der Waals surface area contributed by atoms with Gasteiger partial charge in [-0.3, -0.25) is 0 Å². The molecule has 1 aromatic carbocycles. The van der Waals surface area contributed by atoms with E-state index in [-0.39, 0.29) is 11.7 Å². The zero-order valence-corrected chi connectivity index (χ0v) is 13.3. The van der Waals surface area contributed by atoms with Crippen LogP contribution in [0.4, 0.5) is 4.39 Å². The molecular formula is C16H19FN2S. The van der Waals surface area contributed by atoms with Crippen LogP contribution in [-0.4, -0.2) is 9.97 Å². The smallest absolute Gasteiger partial charge is 0.133 e. The number of aromatic nitrogens is 2. The van der Waals surface area contributed by atoms with Crippen molar-refractivity contribution in [3.05, 3.63) is 45.1 Å². The van der Waals surface area contributed by atoms with Gasteiger partial charge in [-0.05, 0) is 38.0 Å². The summed E-state index contributed by atoms with van der Waals surface area (Å²) in [5, 5.41) is 0. The van der Waals surface area contributed by atoms with Gasteiger partial charge in [-0.1, -0.05) is 32.1 Å². The molecule has 0 bridgehead atoms. The van der Waals surface area contributed by atoms with Crippen LogP contribution in [-0.2, 0) is 0 Å². The largest absolute Gasteiger partial charge is 0.343 e. The number of aromatic amines is 1. The maximum Gasteiger partial charge on any atom is 0.133 e. The van der Waals surface area contributed by atoms with Crippen LogP contribution in [0.3, 0.4) is 0 Å². The number of rotatable bonds is 2. The van der Waals surface area contributed by atoms with E-state index in [4.69, 9.17) is 12.2 Å². The van der Waals surface area contributed by atoms with Gasteiger partial charge in [-0.2, -0.15) is 0 Å². The van der Waals surface area contributed by atoms with Crippen molar-refractivity contribution in [2.24, 2.45) is 0 Å². The van der Waals surface area contributed by atoms with Crippen LogP contribution in [0.2, 0.25) is 0 Å². The summed E-state index contributed by atoms with van der Waals surface area (Å²) in [5.74, 6) is 0.775. The van der Waals surface area contributed by atoms with Crippen molar-refractivity contribution in [2.45, 2.75) is 40.5 Å². The molecule has 4 heteroatoms. The highest BCUT2D eigenvalue weighted by atomic mass is 32.1. The lowest BCUT2D eigenvalue weighted by Gasteiger charge is -2.15. The monoisotopic (exact) mass is 290 g/mol. The second-order valence-corrected chi connectivity index (χ2v) is 5.91. The SMILES string of the molecule is Cc1cc(C)c(-c2[nH]c(C(C)C)nc(=S)c2C)c(F)c1. The first-order valence-corrected chi connectivity index (χ1v) is 7.10. The summed E-state index contributed by atoms with van der Waals surface area (Å²) in [4.78, 5) is 7.62. The highest BCUT2D eigenvalue weighted by Gasteiger charge is 2.15. The van der Waals surface area contributed by atoms with Crippen LogP contribution in [0, 0.1) is 31.2 Å². The minimum Gasteiger partial charge on any atom is -0.343 e. The van der Waals surface area contributed by atoms with E-state index in [0.717, 1.165) is 28.2 Å². The lowest BCUT2D eigenvalue weighted by atomic mass is 9.99. The van der Waals surface area contributed by atoms with Crippen molar-refractivity contribution < 1.29 is 4.39 Å². The fraction of sp³-hybridized carbons (Fsp3) is 0.375. The van der Waals surface area contributed by atoms with Gasteiger partial charge >= 0.3 is 0 Å². The average molecular weight is 290 g/mol. The minimum absolute atomic E-state index is 0.213. The third kappa shape index (κ3) is 2.66. The van der Waals surface area contributed by atoms with E-state index in [1.54, 1.807) is 6.07 Å². The molecule has 1 N–H and O–H groups in total. The third-order valence-corrected chi connectivity index (χ3v) is 3.80. The summed E-state index contributed by atoms with van der Waals surface area (Å²) >= 11 is 5.31. The highest BCUT2D eigenvalue weighted by molar-refractivity contribution is 7.71. The molecule has 2 aromatic rings. The third-order valence-electron chi connectivity index (χ3n) is 3.40. The van der Waals surface area contributed by atoms with Crippen molar-refractivity contribution in [1.82, 2.24) is 9.97 Å². The molecular weight excluding hydrogens is 271 g/mol. The van der Waals surface area contributed by atoms with E-state index in [2.05, 4.69) is 9.97 Å². The molecule has 0 fully saturated rings. The summed E-state index contributed by atoms with van der Waals surface area (Å²) in [6.45, 7) is 9.75. The maximum absolute atomic E-state index is 14.4. The summed E-state index contributed by atoms with van der Waals surface area (Å²) in [6.07, 6.45) is 0. The van der Waals surface area contributed by atoms with Crippen LogP contribution in [0.1, 0.15) is 42.3 Å². The highest BCUT2D eigenvalue weighted by Crippen LogP contribution is 2.29. The second-order valence-electron chi connectivity index (χ2n) is 5.52. The fourth-order valence-electron chi connectivity index (χ4n) is 2.31. The van der Waals surface area contributed by atoms with Crippen molar-refractivity contribution >= 4 is 12.2 Å². The van der Waals surface area contributed by atoms with Crippen LogP contribution in [0.25, 0.3) is 11.3 Å². The van der Waals surface area contributed by atoms with Crippen molar-refractivity contribution in [2.75, 3.05) is 0 Å². The van der Waals surface area contributed by atoms with E-state index < -0.39 is 0 Å². The molecule has 2 nitrogen and oxygen atoms in total. The van der Waals surface area contributed by atoms with Crippen molar-refractivity contribution in [3.8, 4) is 11.3 Å². The molecule has 0 unspecified atom stereocenters. The Morgan fingerprint density at radius 3 is 2.40 bits per heavy atom. The number of H-pyrrole nitrogens is 1. The number of benzene rings is 1. The number of halogens is 1. The van der Waals surface area contributed by atoms with Crippen LogP contribution >= 0.6 is 12.2 Å². The number of hydrogen-bond acceptors (Lipinski definition) is 2. The predicted octanol–water partition coefficient (Wildman–Crippen LogP) is 4.99. The molecule has 0 amide bonds. The number of nitrogens with zero attached hydrogens (tertiary/aromatic N) is 1. The van der Waals surface area contributed by atoms with Gasteiger partial charge in [0, 0.05) is 17.0 Å². The first kappa shape index (κ1) is 14.9. The average Bonchev–Trinajstić information content (AvgIpc) is 2.32. The summed E-state index contributed by atoms with van der Waals surface area (Å²) in [5.41, 5.74) is 3.96. The Labute approximate surface area is 124 Å². The van der Waals surface area contributed by atoms with Gasteiger partial charge in [0.15, 0.2) is 0 Å². The summed E-state index contributed by atoms with van der Waals surface area (Å²) < 4.78 is 14.9. The Kier molecular flexibility index (Phi) is 4.04. The fourth-order valence-corrected chi connectivity index (χ4v) is 2.51. The minimum atomic E-state index is -0.225. The van der Waals surface area contributed by atoms with E-state index in [1.807, 2.05) is 40.7 Å². The number of hydrogen-bond donors (Lipinski definition) is 1. The molecule has 20 heavy (non-hydrogen) atoms. The number of aryl methyl sites for hydroxylation is 2. The van der Waals surface area contributed by atoms with E-state index in [9.17, 15) is 4.39 Å². The van der Waals surface area contributed by atoms with Gasteiger partial charge in [0.2, 0.25) is 0 Å². The predicted molar refractivity (Wildman–Crippen MR) is 83.1 cm³/mol. The van der Waals surface area contributed by atoms with Gasteiger partial charge in [0.25, 0.3) is 0 Å². The second kappa shape index (κ2) is 5.44. The number of nitrogens with one attached hydrogen (secondary N) is 1. The molecule has 0 radical (unpaired) electrons. The lowest BCUT2D eigenvalue weighted by Crippen LogP contribution is -2.04. The van der Waals surface area contributed by atoms with Gasteiger partial charge in [0.1, 0.15) is 16.3 Å². The first-order chi connectivity index (χ1) is 9.31. The van der Waals surface area contributed by atoms with Gasteiger partial charge < -0.3 is 4.98 Å². The molecule has 0 spiro atoms. The Morgan fingerprint density at radius 2 is 1.85 bits per heavy atom. The first-order valence-electron chi connectivity index (χ1n) is 6.69. The molecule has 0 aliphatic heterocycles. The molecule has 0 aliphatic rings. The van der Waals surface area contributed by atoms with Crippen molar-refractivity contribution in [1.29, 1.82) is 0 Å². The topological polar surface area (TPSA) is 28.7 Å². The van der Waals surface area contributed by atoms with E-state index in [1.165, 1.54) is 0 Å². The van der Waals surface area contributed by atoms with Gasteiger partial charge in [-0.15, -0.1) is 0 Å².